The lowest BCUT2D eigenvalue weighted by Gasteiger charge is -2.16. The molecule has 0 saturated carbocycles. The quantitative estimate of drug-likeness (QED) is 0.830. The first kappa shape index (κ1) is 15.9. The zero-order valence-electron chi connectivity index (χ0n) is 12.3. The number of benzene rings is 2. The normalized spacial score (nSPS) is 12.0. The molecule has 1 atom stereocenters. The molecule has 0 bridgehead atoms. The lowest BCUT2D eigenvalue weighted by atomic mass is 10.2. The average molecular weight is 350 g/mol. The number of anilines is 1. The fourth-order valence-corrected chi connectivity index (χ4v) is 2.38. The Morgan fingerprint density at radius 1 is 1.10 bits per heavy atom. The zero-order chi connectivity index (χ0) is 15.2. The highest BCUT2D eigenvalue weighted by Crippen LogP contribution is 2.25. The highest BCUT2D eigenvalue weighted by molar-refractivity contribution is 9.10. The Kier molecular flexibility index (Phi) is 5.65. The summed E-state index contributed by atoms with van der Waals surface area (Å²) in [5.74, 6) is 0.813. The molecule has 0 aromatic heterocycles. The number of aliphatic hydroxyl groups is 1. The fraction of sp³-hybridized carbons (Fsp3) is 0.294. The number of para-hydroxylation sites is 1. The van der Waals surface area contributed by atoms with Gasteiger partial charge in [-0.15, -0.1) is 0 Å². The van der Waals surface area contributed by atoms with E-state index in [2.05, 4.69) is 21.2 Å². The summed E-state index contributed by atoms with van der Waals surface area (Å²) in [6.07, 6.45) is -0.572. The van der Waals surface area contributed by atoms with Crippen molar-refractivity contribution in [3.05, 3.63) is 58.1 Å². The second kappa shape index (κ2) is 7.48. The van der Waals surface area contributed by atoms with E-state index in [0.29, 0.717) is 6.54 Å². The summed E-state index contributed by atoms with van der Waals surface area (Å²) in [7, 11) is 0. The molecule has 1 unspecified atom stereocenters. The zero-order valence-corrected chi connectivity index (χ0v) is 13.9. The van der Waals surface area contributed by atoms with Gasteiger partial charge in [0.2, 0.25) is 0 Å². The molecule has 0 saturated heterocycles. The third-order valence-corrected chi connectivity index (χ3v) is 4.30. The summed E-state index contributed by atoms with van der Waals surface area (Å²) in [6, 6.07) is 13.8. The van der Waals surface area contributed by atoms with Crippen molar-refractivity contribution in [2.75, 3.05) is 18.5 Å². The van der Waals surface area contributed by atoms with Crippen LogP contribution < -0.4 is 10.1 Å². The van der Waals surface area contributed by atoms with Crippen molar-refractivity contribution in [2.24, 2.45) is 0 Å². The first-order valence-corrected chi connectivity index (χ1v) is 7.72. The molecule has 2 aromatic rings. The van der Waals surface area contributed by atoms with Gasteiger partial charge in [-0.3, -0.25) is 0 Å². The molecule has 21 heavy (non-hydrogen) atoms. The number of rotatable bonds is 6. The maximum absolute atomic E-state index is 10.0. The summed E-state index contributed by atoms with van der Waals surface area (Å²) in [4.78, 5) is 0. The van der Waals surface area contributed by atoms with Gasteiger partial charge in [0.05, 0.1) is 0 Å². The van der Waals surface area contributed by atoms with Gasteiger partial charge >= 0.3 is 0 Å². The molecule has 0 aliphatic carbocycles. The molecular weight excluding hydrogens is 330 g/mol. The molecule has 2 aromatic carbocycles. The van der Waals surface area contributed by atoms with Crippen molar-refractivity contribution in [1.82, 2.24) is 0 Å². The first-order chi connectivity index (χ1) is 10.1. The number of hydrogen-bond acceptors (Lipinski definition) is 3. The number of hydrogen-bond donors (Lipinski definition) is 2. The first-order valence-electron chi connectivity index (χ1n) is 6.93. The highest BCUT2D eigenvalue weighted by Gasteiger charge is 2.08. The molecule has 0 amide bonds. The van der Waals surface area contributed by atoms with Gasteiger partial charge in [0, 0.05) is 16.7 Å². The molecule has 0 spiro atoms. The van der Waals surface area contributed by atoms with E-state index in [9.17, 15) is 5.11 Å². The lowest BCUT2D eigenvalue weighted by molar-refractivity contribution is 0.117. The summed E-state index contributed by atoms with van der Waals surface area (Å²) in [5, 5.41) is 13.2. The number of halogens is 1. The fourth-order valence-electron chi connectivity index (χ4n) is 1.97. The van der Waals surface area contributed by atoms with E-state index < -0.39 is 6.10 Å². The predicted octanol–water partition coefficient (Wildman–Crippen LogP) is 3.92. The summed E-state index contributed by atoms with van der Waals surface area (Å²) >= 11 is 3.54. The van der Waals surface area contributed by atoms with Crippen LogP contribution in [0.2, 0.25) is 0 Å². The topological polar surface area (TPSA) is 41.5 Å². The molecule has 2 rings (SSSR count). The molecule has 0 fully saturated rings. The molecule has 0 aliphatic rings. The molecule has 0 aliphatic heterocycles. The van der Waals surface area contributed by atoms with Crippen LogP contribution in [0, 0.1) is 13.8 Å². The van der Waals surface area contributed by atoms with Gasteiger partial charge in [0.25, 0.3) is 0 Å². The third kappa shape index (κ3) is 4.48. The van der Waals surface area contributed by atoms with Crippen LogP contribution in [-0.4, -0.2) is 24.4 Å². The van der Waals surface area contributed by atoms with Gasteiger partial charge < -0.3 is 15.2 Å². The van der Waals surface area contributed by atoms with Crippen LogP contribution in [0.15, 0.2) is 46.9 Å². The van der Waals surface area contributed by atoms with Crippen LogP contribution in [0.1, 0.15) is 11.1 Å². The maximum Gasteiger partial charge on any atom is 0.122 e. The standard InChI is InChI=1S/C17H20BrNO2/c1-12-6-3-4-9-16(12)21-11-14(20)10-19-15-8-5-7-13(2)17(15)18/h3-9,14,19-20H,10-11H2,1-2H3. The Bertz CT molecular complexity index is 601. The molecule has 112 valence electrons. The third-order valence-electron chi connectivity index (χ3n) is 3.24. The van der Waals surface area contributed by atoms with Crippen molar-refractivity contribution < 1.29 is 9.84 Å². The van der Waals surface area contributed by atoms with Crippen molar-refractivity contribution in [3.63, 3.8) is 0 Å². The van der Waals surface area contributed by atoms with E-state index in [4.69, 9.17) is 4.74 Å². The van der Waals surface area contributed by atoms with E-state index in [1.807, 2.05) is 56.3 Å². The second-order valence-electron chi connectivity index (χ2n) is 5.05. The average Bonchev–Trinajstić information content (AvgIpc) is 2.48. The van der Waals surface area contributed by atoms with Crippen LogP contribution in [0.4, 0.5) is 5.69 Å². The van der Waals surface area contributed by atoms with Crippen LogP contribution in [0.5, 0.6) is 5.75 Å². The van der Waals surface area contributed by atoms with Crippen LogP contribution in [-0.2, 0) is 0 Å². The minimum atomic E-state index is -0.572. The van der Waals surface area contributed by atoms with Crippen molar-refractivity contribution in [2.45, 2.75) is 20.0 Å². The van der Waals surface area contributed by atoms with E-state index >= 15 is 0 Å². The van der Waals surface area contributed by atoms with Gasteiger partial charge in [-0.25, -0.2) is 0 Å². The van der Waals surface area contributed by atoms with E-state index in [1.54, 1.807) is 0 Å². The van der Waals surface area contributed by atoms with Crippen LogP contribution in [0.25, 0.3) is 0 Å². The Hall–Kier alpha value is -1.52. The summed E-state index contributed by atoms with van der Waals surface area (Å²) in [5.41, 5.74) is 3.20. The SMILES string of the molecule is Cc1ccccc1OCC(O)CNc1cccc(C)c1Br. The summed E-state index contributed by atoms with van der Waals surface area (Å²) in [6.45, 7) is 4.73. The van der Waals surface area contributed by atoms with Crippen molar-refractivity contribution >= 4 is 21.6 Å². The van der Waals surface area contributed by atoms with Crippen molar-refractivity contribution in [3.8, 4) is 5.75 Å². The van der Waals surface area contributed by atoms with Crippen LogP contribution >= 0.6 is 15.9 Å². The Morgan fingerprint density at radius 3 is 2.57 bits per heavy atom. The van der Waals surface area contributed by atoms with Gasteiger partial charge in [-0.05, 0) is 53.0 Å². The van der Waals surface area contributed by atoms with Crippen LogP contribution in [0.3, 0.4) is 0 Å². The minimum Gasteiger partial charge on any atom is -0.491 e. The molecule has 0 heterocycles. The van der Waals surface area contributed by atoms with Gasteiger partial charge in [0.1, 0.15) is 18.5 Å². The van der Waals surface area contributed by atoms with Gasteiger partial charge in [-0.1, -0.05) is 30.3 Å². The highest BCUT2D eigenvalue weighted by atomic mass is 79.9. The molecule has 0 radical (unpaired) electrons. The minimum absolute atomic E-state index is 0.265. The van der Waals surface area contributed by atoms with Gasteiger partial charge in [0.15, 0.2) is 0 Å². The number of nitrogens with one attached hydrogen (secondary N) is 1. The number of ether oxygens (including phenoxy) is 1. The van der Waals surface area contributed by atoms with Crippen molar-refractivity contribution in [1.29, 1.82) is 0 Å². The summed E-state index contributed by atoms with van der Waals surface area (Å²) < 4.78 is 6.66. The van der Waals surface area contributed by atoms with E-state index in [1.165, 1.54) is 0 Å². The van der Waals surface area contributed by atoms with E-state index in [-0.39, 0.29) is 6.61 Å². The largest absolute Gasteiger partial charge is 0.491 e. The molecule has 2 N–H and O–H groups in total. The maximum atomic E-state index is 10.0. The Balaban J connectivity index is 1.84. The smallest absolute Gasteiger partial charge is 0.122 e. The predicted molar refractivity (Wildman–Crippen MR) is 90.0 cm³/mol. The van der Waals surface area contributed by atoms with Gasteiger partial charge in [-0.2, -0.15) is 0 Å². The lowest BCUT2D eigenvalue weighted by Crippen LogP contribution is -2.26. The number of aryl methyl sites for hydroxylation is 2. The molecule has 4 heteroatoms. The Morgan fingerprint density at radius 2 is 1.81 bits per heavy atom. The molecular formula is C17H20BrNO2. The van der Waals surface area contributed by atoms with E-state index in [0.717, 1.165) is 27.0 Å². The number of aliphatic hydroxyl groups excluding tert-OH is 1. The Labute approximate surface area is 134 Å². The monoisotopic (exact) mass is 349 g/mol. The molecule has 3 nitrogen and oxygen atoms in total. The second-order valence-corrected chi connectivity index (χ2v) is 5.84.